The van der Waals surface area contributed by atoms with Gasteiger partial charge in [-0.1, -0.05) is 30.3 Å². The van der Waals surface area contributed by atoms with Crippen LogP contribution in [0.15, 0.2) is 36.4 Å². The maximum atomic E-state index is 11.1. The number of hydrogen-bond acceptors (Lipinski definition) is 4. The molecule has 0 amide bonds. The highest BCUT2D eigenvalue weighted by molar-refractivity contribution is 5.85. The Balaban J connectivity index is 1.33. The minimum atomic E-state index is -0.942. The summed E-state index contributed by atoms with van der Waals surface area (Å²) in [6, 6.07) is 13.0. The lowest BCUT2D eigenvalue weighted by atomic mass is 10.0. The van der Waals surface area contributed by atoms with Crippen molar-refractivity contribution in [2.75, 3.05) is 19.6 Å². The summed E-state index contributed by atoms with van der Waals surface area (Å²) < 4.78 is 1.85. The van der Waals surface area contributed by atoms with Crippen LogP contribution in [0.25, 0.3) is 0 Å². The SMILES string of the molecule is O=C(O)c1cc2n(n1)CCN(C1CCN(Cc3ccccc3)CC1)C2. The number of fused-ring (bicyclic) bond motifs is 1. The first-order valence-electron chi connectivity index (χ1n) is 8.99. The molecule has 1 saturated heterocycles. The maximum absolute atomic E-state index is 11.1. The third-order valence-electron chi connectivity index (χ3n) is 5.37. The number of carbonyl (C=O) groups is 1. The van der Waals surface area contributed by atoms with Gasteiger partial charge in [-0.05, 0) is 37.6 Å². The molecule has 132 valence electrons. The largest absolute Gasteiger partial charge is 0.476 e. The van der Waals surface area contributed by atoms with Gasteiger partial charge in [-0.25, -0.2) is 4.79 Å². The Morgan fingerprint density at radius 2 is 1.88 bits per heavy atom. The predicted molar refractivity (Wildman–Crippen MR) is 94.3 cm³/mol. The molecule has 1 aromatic carbocycles. The number of aromatic carboxylic acids is 1. The highest BCUT2D eigenvalue weighted by Gasteiger charge is 2.28. The molecule has 0 aliphatic carbocycles. The van der Waals surface area contributed by atoms with Crippen LogP contribution in [0.3, 0.4) is 0 Å². The van der Waals surface area contributed by atoms with E-state index in [9.17, 15) is 4.79 Å². The van der Waals surface area contributed by atoms with Crippen LogP contribution in [-0.4, -0.2) is 56.3 Å². The van der Waals surface area contributed by atoms with Crippen molar-refractivity contribution >= 4 is 5.97 Å². The second kappa shape index (κ2) is 6.98. The third kappa shape index (κ3) is 3.60. The molecule has 1 N–H and O–H groups in total. The van der Waals surface area contributed by atoms with E-state index in [1.54, 1.807) is 6.07 Å². The summed E-state index contributed by atoms with van der Waals surface area (Å²) in [5, 5.41) is 13.3. The van der Waals surface area contributed by atoms with Crippen LogP contribution >= 0.6 is 0 Å². The van der Waals surface area contributed by atoms with Crippen molar-refractivity contribution in [3.8, 4) is 0 Å². The first-order chi connectivity index (χ1) is 12.2. The molecule has 2 aromatic rings. The average molecular weight is 340 g/mol. The third-order valence-corrected chi connectivity index (χ3v) is 5.37. The van der Waals surface area contributed by atoms with Crippen LogP contribution < -0.4 is 0 Å². The first-order valence-corrected chi connectivity index (χ1v) is 8.99. The van der Waals surface area contributed by atoms with E-state index in [2.05, 4.69) is 45.2 Å². The summed E-state index contributed by atoms with van der Waals surface area (Å²) in [4.78, 5) is 16.1. The second-order valence-electron chi connectivity index (χ2n) is 7.01. The number of rotatable bonds is 4. The van der Waals surface area contributed by atoms with E-state index in [4.69, 9.17) is 5.11 Å². The van der Waals surface area contributed by atoms with Gasteiger partial charge in [-0.15, -0.1) is 0 Å². The van der Waals surface area contributed by atoms with Crippen molar-refractivity contribution in [3.05, 3.63) is 53.3 Å². The smallest absolute Gasteiger partial charge is 0.356 e. The molecular formula is C19H24N4O2. The molecule has 0 spiro atoms. The first kappa shape index (κ1) is 16.3. The molecule has 6 nitrogen and oxygen atoms in total. The van der Waals surface area contributed by atoms with E-state index >= 15 is 0 Å². The molecule has 2 aliphatic rings. The van der Waals surface area contributed by atoms with Crippen molar-refractivity contribution in [1.82, 2.24) is 19.6 Å². The number of nitrogens with zero attached hydrogens (tertiary/aromatic N) is 4. The van der Waals surface area contributed by atoms with Gasteiger partial charge < -0.3 is 5.11 Å². The molecule has 2 aliphatic heterocycles. The van der Waals surface area contributed by atoms with Crippen LogP contribution in [-0.2, 0) is 19.6 Å². The van der Waals surface area contributed by atoms with Gasteiger partial charge in [0.25, 0.3) is 0 Å². The molecule has 0 bridgehead atoms. The van der Waals surface area contributed by atoms with Gasteiger partial charge in [0, 0.05) is 25.7 Å². The van der Waals surface area contributed by atoms with Crippen molar-refractivity contribution in [2.24, 2.45) is 0 Å². The van der Waals surface area contributed by atoms with E-state index in [1.165, 1.54) is 18.4 Å². The van der Waals surface area contributed by atoms with E-state index in [1.807, 2.05) is 4.68 Å². The Bertz CT molecular complexity index is 735. The summed E-state index contributed by atoms with van der Waals surface area (Å²) in [5.74, 6) is -0.942. The molecule has 4 rings (SSSR count). The molecule has 0 atom stereocenters. The van der Waals surface area contributed by atoms with Gasteiger partial charge in [0.15, 0.2) is 5.69 Å². The minimum absolute atomic E-state index is 0.162. The maximum Gasteiger partial charge on any atom is 0.356 e. The second-order valence-corrected chi connectivity index (χ2v) is 7.01. The van der Waals surface area contributed by atoms with Crippen LogP contribution in [0.1, 0.15) is 34.6 Å². The summed E-state index contributed by atoms with van der Waals surface area (Å²) >= 11 is 0. The Morgan fingerprint density at radius 1 is 1.12 bits per heavy atom. The fraction of sp³-hybridized carbons (Fsp3) is 0.474. The molecule has 1 aromatic heterocycles. The Labute approximate surface area is 147 Å². The van der Waals surface area contributed by atoms with Crippen molar-refractivity contribution in [2.45, 2.75) is 38.5 Å². The molecule has 0 unspecified atom stereocenters. The molecule has 6 heteroatoms. The number of aromatic nitrogens is 2. The highest BCUT2D eigenvalue weighted by atomic mass is 16.4. The summed E-state index contributed by atoms with van der Waals surface area (Å²) in [7, 11) is 0. The predicted octanol–water partition coefficient (Wildman–Crippen LogP) is 2.06. The summed E-state index contributed by atoms with van der Waals surface area (Å²) in [6.45, 7) is 5.82. The Morgan fingerprint density at radius 3 is 2.60 bits per heavy atom. The van der Waals surface area contributed by atoms with Gasteiger partial charge >= 0.3 is 5.97 Å². The van der Waals surface area contributed by atoms with Crippen molar-refractivity contribution < 1.29 is 9.90 Å². The minimum Gasteiger partial charge on any atom is -0.476 e. The molecular weight excluding hydrogens is 316 g/mol. The zero-order chi connectivity index (χ0) is 17.2. The van der Waals surface area contributed by atoms with Crippen molar-refractivity contribution in [3.63, 3.8) is 0 Å². The highest BCUT2D eigenvalue weighted by Crippen LogP contribution is 2.23. The summed E-state index contributed by atoms with van der Waals surface area (Å²) in [6.07, 6.45) is 2.35. The zero-order valence-electron chi connectivity index (χ0n) is 14.3. The van der Waals surface area contributed by atoms with Crippen LogP contribution in [0.2, 0.25) is 0 Å². The number of piperidine rings is 1. The fourth-order valence-corrected chi connectivity index (χ4v) is 3.99. The van der Waals surface area contributed by atoms with E-state index in [0.29, 0.717) is 6.04 Å². The van der Waals surface area contributed by atoms with Gasteiger partial charge in [0.1, 0.15) is 0 Å². The number of likely N-dealkylation sites (tertiary alicyclic amines) is 1. The van der Waals surface area contributed by atoms with Crippen LogP contribution in [0, 0.1) is 0 Å². The lowest BCUT2D eigenvalue weighted by Crippen LogP contribution is -2.47. The number of hydrogen-bond donors (Lipinski definition) is 1. The van der Waals surface area contributed by atoms with E-state index in [0.717, 1.165) is 45.0 Å². The monoisotopic (exact) mass is 340 g/mol. The normalized spacial score (nSPS) is 19.7. The lowest BCUT2D eigenvalue weighted by Gasteiger charge is -2.40. The van der Waals surface area contributed by atoms with Gasteiger partial charge in [0.2, 0.25) is 0 Å². The van der Waals surface area contributed by atoms with Gasteiger partial charge in [-0.2, -0.15) is 5.10 Å². The number of carboxylic acids is 1. The van der Waals surface area contributed by atoms with Gasteiger partial charge in [-0.3, -0.25) is 14.5 Å². The topological polar surface area (TPSA) is 61.6 Å². The summed E-state index contributed by atoms with van der Waals surface area (Å²) in [5.41, 5.74) is 2.56. The zero-order valence-corrected chi connectivity index (χ0v) is 14.3. The Hall–Kier alpha value is -2.18. The molecule has 0 saturated carbocycles. The van der Waals surface area contributed by atoms with Crippen LogP contribution in [0.5, 0.6) is 0 Å². The van der Waals surface area contributed by atoms with Crippen LogP contribution in [0.4, 0.5) is 0 Å². The van der Waals surface area contributed by atoms with E-state index < -0.39 is 5.97 Å². The van der Waals surface area contributed by atoms with Crippen molar-refractivity contribution in [1.29, 1.82) is 0 Å². The molecule has 25 heavy (non-hydrogen) atoms. The standard InChI is InChI=1S/C19H24N4O2/c24-19(25)18-12-17-14-22(10-11-23(17)20-18)16-6-8-21(9-7-16)13-15-4-2-1-3-5-15/h1-5,12,16H,6-11,13-14H2,(H,24,25). The van der Waals surface area contributed by atoms with E-state index in [-0.39, 0.29) is 5.69 Å². The fourth-order valence-electron chi connectivity index (χ4n) is 3.99. The number of benzene rings is 1. The van der Waals surface area contributed by atoms with Gasteiger partial charge in [0.05, 0.1) is 12.2 Å². The molecule has 1 fully saturated rings. The quantitative estimate of drug-likeness (QED) is 0.923. The molecule has 0 radical (unpaired) electrons. The molecule has 3 heterocycles. The Kier molecular flexibility index (Phi) is 4.55. The number of carboxylic acid groups (broad SMARTS) is 1. The lowest BCUT2D eigenvalue weighted by molar-refractivity contribution is 0.0687. The average Bonchev–Trinajstić information content (AvgIpc) is 3.07.